The van der Waals surface area contributed by atoms with E-state index in [0.717, 1.165) is 32.4 Å². The van der Waals surface area contributed by atoms with E-state index in [2.05, 4.69) is 50.1 Å². The maximum absolute atomic E-state index is 9.73. The highest BCUT2D eigenvalue weighted by molar-refractivity contribution is 5.41. The van der Waals surface area contributed by atoms with Crippen LogP contribution in [0.4, 0.5) is 0 Å². The van der Waals surface area contributed by atoms with Crippen molar-refractivity contribution in [1.29, 1.82) is 5.26 Å². The molecule has 1 saturated heterocycles. The Labute approximate surface area is 110 Å². The maximum atomic E-state index is 9.73. The lowest BCUT2D eigenvalue weighted by Gasteiger charge is -2.27. The lowest BCUT2D eigenvalue weighted by Crippen LogP contribution is -2.27. The average Bonchev–Trinajstić information content (AvgIpc) is 2.52. The van der Waals surface area contributed by atoms with Gasteiger partial charge in [-0.3, -0.25) is 0 Å². The molecule has 1 aromatic rings. The predicted octanol–water partition coefficient (Wildman–Crippen LogP) is 3.18. The van der Waals surface area contributed by atoms with Gasteiger partial charge in [-0.1, -0.05) is 23.8 Å². The Morgan fingerprint density at radius 2 is 2.00 bits per heavy atom. The number of nitriles is 1. The molecule has 0 amide bonds. The molecule has 1 aromatic carbocycles. The highest BCUT2D eigenvalue weighted by atomic mass is 15.1. The molecular weight excluding hydrogens is 220 g/mol. The van der Waals surface area contributed by atoms with Crippen LogP contribution >= 0.6 is 0 Å². The van der Waals surface area contributed by atoms with E-state index in [1.807, 2.05) is 0 Å². The highest BCUT2D eigenvalue weighted by Crippen LogP contribution is 2.36. The molecule has 96 valence electrons. The third-order valence-electron chi connectivity index (χ3n) is 4.18. The number of nitrogens with zero attached hydrogens (tertiary/aromatic N) is 2. The fourth-order valence-electron chi connectivity index (χ4n) is 3.06. The van der Waals surface area contributed by atoms with Crippen LogP contribution in [0.5, 0.6) is 0 Å². The highest BCUT2D eigenvalue weighted by Gasteiger charge is 2.34. The molecule has 1 heterocycles. The minimum absolute atomic E-state index is 0.275. The quantitative estimate of drug-likeness (QED) is 0.756. The van der Waals surface area contributed by atoms with E-state index < -0.39 is 0 Å². The first-order valence-electron chi connectivity index (χ1n) is 6.75. The second kappa shape index (κ2) is 5.12. The van der Waals surface area contributed by atoms with Crippen LogP contribution in [0, 0.1) is 25.2 Å². The van der Waals surface area contributed by atoms with Crippen molar-refractivity contribution in [3.05, 3.63) is 34.9 Å². The van der Waals surface area contributed by atoms with E-state index >= 15 is 0 Å². The molecule has 2 heteroatoms. The number of benzene rings is 1. The maximum Gasteiger partial charge on any atom is 0.0837 e. The Kier molecular flexibility index (Phi) is 3.73. The fraction of sp³-hybridized carbons (Fsp3) is 0.562. The molecule has 0 radical (unpaired) electrons. The van der Waals surface area contributed by atoms with Crippen LogP contribution in [0.25, 0.3) is 0 Å². The molecule has 18 heavy (non-hydrogen) atoms. The van der Waals surface area contributed by atoms with Crippen LogP contribution in [0.1, 0.15) is 36.0 Å². The zero-order chi connectivity index (χ0) is 13.2. The summed E-state index contributed by atoms with van der Waals surface area (Å²) < 4.78 is 0. The van der Waals surface area contributed by atoms with Gasteiger partial charge in [-0.15, -0.1) is 0 Å². The van der Waals surface area contributed by atoms with Gasteiger partial charge >= 0.3 is 0 Å². The van der Waals surface area contributed by atoms with Crippen molar-refractivity contribution in [3.63, 3.8) is 0 Å². The van der Waals surface area contributed by atoms with Gasteiger partial charge in [0, 0.05) is 0 Å². The van der Waals surface area contributed by atoms with E-state index in [4.69, 9.17) is 0 Å². The first kappa shape index (κ1) is 13.1. The molecule has 0 spiro atoms. The Morgan fingerprint density at radius 1 is 1.22 bits per heavy atom. The topological polar surface area (TPSA) is 27.0 Å². The molecule has 0 bridgehead atoms. The summed E-state index contributed by atoms with van der Waals surface area (Å²) in [6, 6.07) is 9.13. The van der Waals surface area contributed by atoms with E-state index in [1.165, 1.54) is 16.7 Å². The Hall–Kier alpha value is -1.33. The van der Waals surface area contributed by atoms with Crippen molar-refractivity contribution in [1.82, 2.24) is 4.90 Å². The summed E-state index contributed by atoms with van der Waals surface area (Å²) in [5, 5.41) is 9.73. The van der Waals surface area contributed by atoms with Crippen LogP contribution < -0.4 is 0 Å². The van der Waals surface area contributed by atoms with Crippen LogP contribution in [0.3, 0.4) is 0 Å². The second-order valence-electron chi connectivity index (χ2n) is 5.67. The smallest absolute Gasteiger partial charge is 0.0837 e. The molecular formula is C16H22N2. The van der Waals surface area contributed by atoms with Gasteiger partial charge < -0.3 is 4.90 Å². The Morgan fingerprint density at radius 3 is 2.67 bits per heavy atom. The number of likely N-dealkylation sites (tertiary alicyclic amines) is 1. The SMILES string of the molecule is Cc1ccc(C2(C#N)CCCN(C)CC2)c(C)c1. The van der Waals surface area contributed by atoms with Gasteiger partial charge in [0.05, 0.1) is 11.5 Å². The number of aryl methyl sites for hydroxylation is 2. The molecule has 1 fully saturated rings. The third-order valence-corrected chi connectivity index (χ3v) is 4.18. The number of hydrogen-bond donors (Lipinski definition) is 0. The van der Waals surface area contributed by atoms with E-state index in [0.29, 0.717) is 0 Å². The van der Waals surface area contributed by atoms with E-state index in [-0.39, 0.29) is 5.41 Å². The Bertz CT molecular complexity index is 472. The largest absolute Gasteiger partial charge is 0.306 e. The van der Waals surface area contributed by atoms with Gasteiger partial charge in [0.15, 0.2) is 0 Å². The Balaban J connectivity index is 2.40. The molecule has 2 nitrogen and oxygen atoms in total. The second-order valence-corrected chi connectivity index (χ2v) is 5.67. The molecule has 1 aliphatic heterocycles. The molecule has 1 aliphatic rings. The van der Waals surface area contributed by atoms with Gasteiger partial charge in [0.25, 0.3) is 0 Å². The number of hydrogen-bond acceptors (Lipinski definition) is 2. The fourth-order valence-corrected chi connectivity index (χ4v) is 3.06. The molecule has 1 unspecified atom stereocenters. The van der Waals surface area contributed by atoms with Gasteiger partial charge in [0.2, 0.25) is 0 Å². The van der Waals surface area contributed by atoms with Gasteiger partial charge in [-0.25, -0.2) is 0 Å². The lowest BCUT2D eigenvalue weighted by atomic mass is 9.74. The van der Waals surface area contributed by atoms with Crippen molar-refractivity contribution in [2.45, 2.75) is 38.5 Å². The summed E-state index contributed by atoms with van der Waals surface area (Å²) in [4.78, 5) is 2.34. The summed E-state index contributed by atoms with van der Waals surface area (Å²) in [5.74, 6) is 0. The zero-order valence-electron chi connectivity index (χ0n) is 11.7. The van der Waals surface area contributed by atoms with Crippen LogP contribution in [-0.4, -0.2) is 25.0 Å². The molecule has 0 aliphatic carbocycles. The van der Waals surface area contributed by atoms with Crippen molar-refractivity contribution in [2.75, 3.05) is 20.1 Å². The molecule has 2 rings (SSSR count). The third kappa shape index (κ3) is 2.42. The first-order valence-corrected chi connectivity index (χ1v) is 6.75. The molecule has 0 aromatic heterocycles. The van der Waals surface area contributed by atoms with Gasteiger partial charge in [-0.05, 0) is 64.4 Å². The zero-order valence-corrected chi connectivity index (χ0v) is 11.7. The first-order chi connectivity index (χ1) is 8.57. The van der Waals surface area contributed by atoms with Crippen LogP contribution in [0.15, 0.2) is 18.2 Å². The van der Waals surface area contributed by atoms with E-state index in [9.17, 15) is 5.26 Å². The van der Waals surface area contributed by atoms with Crippen molar-refractivity contribution in [2.24, 2.45) is 0 Å². The van der Waals surface area contributed by atoms with Crippen LogP contribution in [-0.2, 0) is 5.41 Å². The van der Waals surface area contributed by atoms with Crippen molar-refractivity contribution in [3.8, 4) is 6.07 Å². The predicted molar refractivity (Wildman–Crippen MR) is 74.6 cm³/mol. The summed E-state index contributed by atoms with van der Waals surface area (Å²) in [6.07, 6.45) is 3.04. The molecule has 0 saturated carbocycles. The van der Waals surface area contributed by atoms with E-state index in [1.54, 1.807) is 0 Å². The van der Waals surface area contributed by atoms with Gasteiger partial charge in [-0.2, -0.15) is 5.26 Å². The lowest BCUT2D eigenvalue weighted by molar-refractivity contribution is 0.342. The average molecular weight is 242 g/mol. The minimum Gasteiger partial charge on any atom is -0.306 e. The summed E-state index contributed by atoms with van der Waals surface area (Å²) in [5.41, 5.74) is 3.50. The standard InChI is InChI=1S/C16H22N2/c1-13-5-6-15(14(2)11-13)16(12-17)7-4-9-18(3)10-8-16/h5-6,11H,4,7-10H2,1-3H3. The molecule has 1 atom stereocenters. The van der Waals surface area contributed by atoms with Crippen molar-refractivity contribution < 1.29 is 0 Å². The summed E-state index contributed by atoms with van der Waals surface area (Å²) in [7, 11) is 2.15. The number of rotatable bonds is 1. The summed E-state index contributed by atoms with van der Waals surface area (Å²) >= 11 is 0. The van der Waals surface area contributed by atoms with Crippen LogP contribution in [0.2, 0.25) is 0 Å². The molecule has 0 N–H and O–H groups in total. The van der Waals surface area contributed by atoms with Gasteiger partial charge in [0.1, 0.15) is 0 Å². The monoisotopic (exact) mass is 242 g/mol. The normalized spacial score (nSPS) is 25.4. The van der Waals surface area contributed by atoms with Crippen molar-refractivity contribution >= 4 is 0 Å². The minimum atomic E-state index is -0.275. The summed E-state index contributed by atoms with van der Waals surface area (Å²) in [6.45, 7) is 6.36.